The molecule has 0 atom stereocenters. The second-order valence-electron chi connectivity index (χ2n) is 6.00. The summed E-state index contributed by atoms with van der Waals surface area (Å²) in [5.74, 6) is -0.216. The van der Waals surface area contributed by atoms with Crippen molar-refractivity contribution in [3.63, 3.8) is 0 Å². The Labute approximate surface area is 145 Å². The molecule has 0 aliphatic rings. The van der Waals surface area contributed by atoms with Gasteiger partial charge in [0.2, 0.25) is 0 Å². The summed E-state index contributed by atoms with van der Waals surface area (Å²) in [5.41, 5.74) is 5.34. The molecule has 0 fully saturated rings. The minimum absolute atomic E-state index is 0.216. The molecule has 25 heavy (non-hydrogen) atoms. The highest BCUT2D eigenvalue weighted by Crippen LogP contribution is 2.21. The number of aromatic nitrogens is 2. The minimum atomic E-state index is -0.216. The fourth-order valence-corrected chi connectivity index (χ4v) is 2.81. The molecule has 122 valence electrons. The molecule has 0 spiro atoms. The summed E-state index contributed by atoms with van der Waals surface area (Å²) in [6.45, 7) is 2.07. The Kier molecular flexibility index (Phi) is 3.78. The first-order valence-corrected chi connectivity index (χ1v) is 8.11. The maximum Gasteiger partial charge on any atom is 0.275 e. The maximum absolute atomic E-state index is 12.4. The van der Waals surface area contributed by atoms with Crippen molar-refractivity contribution in [1.29, 1.82) is 0 Å². The molecule has 4 rings (SSSR count). The molecule has 0 saturated carbocycles. The number of fused-ring (bicyclic) bond motifs is 1. The second kappa shape index (κ2) is 6.24. The van der Waals surface area contributed by atoms with E-state index in [1.807, 2.05) is 59.1 Å². The largest absolute Gasteiger partial charge is 0.321 e. The third kappa shape index (κ3) is 3.15. The van der Waals surface area contributed by atoms with Gasteiger partial charge < -0.3 is 9.72 Å². The number of nitrogens with one attached hydrogen (secondary N) is 1. The first kappa shape index (κ1) is 15.1. The van der Waals surface area contributed by atoms with Crippen molar-refractivity contribution in [2.24, 2.45) is 0 Å². The number of amides is 1. The number of aryl methyl sites for hydroxylation is 1. The Hall–Kier alpha value is -3.40. The van der Waals surface area contributed by atoms with Crippen LogP contribution in [0.3, 0.4) is 0 Å². The van der Waals surface area contributed by atoms with E-state index in [-0.39, 0.29) is 5.91 Å². The number of para-hydroxylation sites is 1. The van der Waals surface area contributed by atoms with Crippen molar-refractivity contribution in [3.05, 3.63) is 90.4 Å². The predicted octanol–water partition coefficient (Wildman–Crippen LogP) is 4.56. The SMILES string of the molecule is Cc1cccc(-c2ccc3nc(C(=O)Nc4ccccc4)cn3c2)c1. The van der Waals surface area contributed by atoms with Gasteiger partial charge in [-0.1, -0.05) is 48.0 Å². The summed E-state index contributed by atoms with van der Waals surface area (Å²) in [6.07, 6.45) is 3.75. The smallest absolute Gasteiger partial charge is 0.275 e. The van der Waals surface area contributed by atoms with Gasteiger partial charge in [-0.3, -0.25) is 4.79 Å². The van der Waals surface area contributed by atoms with Crippen molar-refractivity contribution in [2.75, 3.05) is 5.32 Å². The third-order valence-electron chi connectivity index (χ3n) is 4.07. The molecule has 0 saturated heterocycles. The number of anilines is 1. The van der Waals surface area contributed by atoms with E-state index < -0.39 is 0 Å². The molecule has 0 aliphatic carbocycles. The van der Waals surface area contributed by atoms with Crippen LogP contribution in [0.4, 0.5) is 5.69 Å². The van der Waals surface area contributed by atoms with Crippen molar-refractivity contribution in [3.8, 4) is 11.1 Å². The van der Waals surface area contributed by atoms with E-state index in [0.29, 0.717) is 5.69 Å². The zero-order chi connectivity index (χ0) is 17.2. The van der Waals surface area contributed by atoms with E-state index in [4.69, 9.17) is 0 Å². The lowest BCUT2D eigenvalue weighted by Crippen LogP contribution is -2.11. The highest BCUT2D eigenvalue weighted by molar-refractivity contribution is 6.03. The zero-order valence-electron chi connectivity index (χ0n) is 13.8. The molecule has 4 aromatic rings. The average molecular weight is 327 g/mol. The van der Waals surface area contributed by atoms with Gasteiger partial charge in [0.05, 0.1) is 0 Å². The van der Waals surface area contributed by atoms with Crippen LogP contribution in [0.2, 0.25) is 0 Å². The van der Waals surface area contributed by atoms with Crippen LogP contribution in [0.25, 0.3) is 16.8 Å². The molecule has 4 nitrogen and oxygen atoms in total. The number of imidazole rings is 1. The van der Waals surface area contributed by atoms with Gasteiger partial charge in [-0.2, -0.15) is 0 Å². The van der Waals surface area contributed by atoms with Gasteiger partial charge in [0, 0.05) is 18.1 Å². The fourth-order valence-electron chi connectivity index (χ4n) is 2.81. The molecule has 0 bridgehead atoms. The number of rotatable bonds is 3. The Morgan fingerprint density at radius 3 is 2.56 bits per heavy atom. The second-order valence-corrected chi connectivity index (χ2v) is 6.00. The molecule has 2 aromatic heterocycles. The van der Waals surface area contributed by atoms with Gasteiger partial charge in [0.1, 0.15) is 11.3 Å². The fraction of sp³-hybridized carbons (Fsp3) is 0.0476. The number of carbonyl (C=O) groups is 1. The van der Waals surface area contributed by atoms with Crippen LogP contribution in [0.5, 0.6) is 0 Å². The van der Waals surface area contributed by atoms with E-state index in [2.05, 4.69) is 35.4 Å². The Morgan fingerprint density at radius 1 is 0.920 bits per heavy atom. The molecule has 2 aromatic carbocycles. The first-order valence-electron chi connectivity index (χ1n) is 8.11. The number of benzene rings is 2. The molecule has 1 N–H and O–H groups in total. The highest BCUT2D eigenvalue weighted by atomic mass is 16.1. The van der Waals surface area contributed by atoms with E-state index in [1.54, 1.807) is 6.20 Å². The number of hydrogen-bond donors (Lipinski definition) is 1. The van der Waals surface area contributed by atoms with E-state index in [0.717, 1.165) is 22.5 Å². The molecular formula is C21H17N3O. The Bertz CT molecular complexity index is 1050. The third-order valence-corrected chi connectivity index (χ3v) is 4.07. The number of carbonyl (C=O) groups excluding carboxylic acids is 1. The molecule has 0 aliphatic heterocycles. The van der Waals surface area contributed by atoms with Crippen LogP contribution in [0, 0.1) is 6.92 Å². The van der Waals surface area contributed by atoms with Gasteiger partial charge in [-0.05, 0) is 42.3 Å². The summed E-state index contributed by atoms with van der Waals surface area (Å²) in [7, 11) is 0. The van der Waals surface area contributed by atoms with Gasteiger partial charge in [-0.15, -0.1) is 0 Å². The van der Waals surface area contributed by atoms with Crippen molar-refractivity contribution >= 4 is 17.2 Å². The average Bonchev–Trinajstić information content (AvgIpc) is 3.06. The normalized spacial score (nSPS) is 10.8. The van der Waals surface area contributed by atoms with Gasteiger partial charge >= 0.3 is 0 Å². The van der Waals surface area contributed by atoms with Gasteiger partial charge in [0.25, 0.3) is 5.91 Å². The van der Waals surface area contributed by atoms with Gasteiger partial charge in [0.15, 0.2) is 0 Å². The van der Waals surface area contributed by atoms with Crippen molar-refractivity contribution in [2.45, 2.75) is 6.92 Å². The lowest BCUT2D eigenvalue weighted by Gasteiger charge is -2.03. The molecule has 1 amide bonds. The molecule has 0 radical (unpaired) electrons. The quantitative estimate of drug-likeness (QED) is 0.599. The predicted molar refractivity (Wildman–Crippen MR) is 99.8 cm³/mol. The van der Waals surface area contributed by atoms with Crippen LogP contribution in [-0.4, -0.2) is 15.3 Å². The van der Waals surface area contributed by atoms with Crippen LogP contribution >= 0.6 is 0 Å². The lowest BCUT2D eigenvalue weighted by molar-refractivity contribution is 0.102. The topological polar surface area (TPSA) is 46.4 Å². The van der Waals surface area contributed by atoms with E-state index in [1.165, 1.54) is 5.56 Å². The number of nitrogens with zero attached hydrogens (tertiary/aromatic N) is 2. The van der Waals surface area contributed by atoms with Crippen LogP contribution < -0.4 is 5.32 Å². The number of hydrogen-bond acceptors (Lipinski definition) is 2. The standard InChI is InChI=1S/C21H17N3O/c1-15-6-5-7-16(12-15)17-10-11-20-23-19(14-24(20)13-17)21(25)22-18-8-3-2-4-9-18/h2-14H,1H3,(H,22,25). The first-order chi connectivity index (χ1) is 12.2. The highest BCUT2D eigenvalue weighted by Gasteiger charge is 2.11. The summed E-state index contributed by atoms with van der Waals surface area (Å²) in [4.78, 5) is 16.8. The lowest BCUT2D eigenvalue weighted by atomic mass is 10.1. The molecule has 2 heterocycles. The maximum atomic E-state index is 12.4. The summed E-state index contributed by atoms with van der Waals surface area (Å²) in [6, 6.07) is 21.7. The van der Waals surface area contributed by atoms with Crippen LogP contribution in [0.1, 0.15) is 16.1 Å². The summed E-state index contributed by atoms with van der Waals surface area (Å²) < 4.78 is 1.89. The number of pyridine rings is 1. The summed E-state index contributed by atoms with van der Waals surface area (Å²) >= 11 is 0. The minimum Gasteiger partial charge on any atom is -0.321 e. The molecule has 4 heteroatoms. The van der Waals surface area contributed by atoms with Gasteiger partial charge in [-0.25, -0.2) is 4.98 Å². The Morgan fingerprint density at radius 2 is 1.76 bits per heavy atom. The zero-order valence-corrected chi connectivity index (χ0v) is 13.8. The van der Waals surface area contributed by atoms with Crippen molar-refractivity contribution in [1.82, 2.24) is 9.38 Å². The molecule has 0 unspecified atom stereocenters. The van der Waals surface area contributed by atoms with Crippen LogP contribution in [-0.2, 0) is 0 Å². The van der Waals surface area contributed by atoms with Crippen LogP contribution in [0.15, 0.2) is 79.1 Å². The monoisotopic (exact) mass is 327 g/mol. The molecular weight excluding hydrogens is 310 g/mol. The van der Waals surface area contributed by atoms with Crippen molar-refractivity contribution < 1.29 is 4.79 Å². The van der Waals surface area contributed by atoms with E-state index >= 15 is 0 Å². The Balaban J connectivity index is 1.65. The summed E-state index contributed by atoms with van der Waals surface area (Å²) in [5, 5.41) is 2.86. The van der Waals surface area contributed by atoms with E-state index in [9.17, 15) is 4.79 Å².